The number of halogens is 5. The number of nitrogens with zero attached hydrogens (tertiary/aromatic N) is 1. The number of methoxy groups -OCH3 is 1. The summed E-state index contributed by atoms with van der Waals surface area (Å²) in [4.78, 5) is 40.6. The molecule has 224 valence electrons. The Bertz CT molecular complexity index is 1410. The second-order valence-corrected chi connectivity index (χ2v) is 11.3. The van der Waals surface area contributed by atoms with Gasteiger partial charge in [0, 0.05) is 25.7 Å². The fourth-order valence-corrected chi connectivity index (χ4v) is 5.88. The molecule has 1 fully saturated rings. The van der Waals surface area contributed by atoms with E-state index in [9.17, 15) is 27.6 Å². The van der Waals surface area contributed by atoms with Crippen molar-refractivity contribution in [3.63, 3.8) is 0 Å². The third-order valence-electron chi connectivity index (χ3n) is 7.57. The molecule has 0 saturated heterocycles. The normalized spacial score (nSPS) is 17.2. The van der Waals surface area contributed by atoms with Crippen LogP contribution in [0.15, 0.2) is 46.9 Å². The monoisotopic (exact) mass is 623 g/mol. The molecule has 6 nitrogen and oxygen atoms in total. The first-order valence-corrected chi connectivity index (χ1v) is 14.4. The summed E-state index contributed by atoms with van der Waals surface area (Å²) in [6.07, 6.45) is -0.659. The Balaban J connectivity index is 1.30. The number of rotatable bonds is 11. The van der Waals surface area contributed by atoms with Gasteiger partial charge in [0.05, 0.1) is 22.7 Å². The highest BCUT2D eigenvalue weighted by molar-refractivity contribution is 6.38. The summed E-state index contributed by atoms with van der Waals surface area (Å²) in [7, 11) is 1.40. The average Bonchev–Trinajstić information content (AvgIpc) is 3.40. The maximum absolute atomic E-state index is 13.6. The van der Waals surface area contributed by atoms with E-state index in [1.165, 1.54) is 30.9 Å². The lowest BCUT2D eigenvalue weighted by Gasteiger charge is -2.28. The highest BCUT2D eigenvalue weighted by atomic mass is 35.5. The molecule has 0 unspecified atom stereocenters. The third kappa shape index (κ3) is 8.01. The predicted molar refractivity (Wildman–Crippen MR) is 152 cm³/mol. The van der Waals surface area contributed by atoms with Crippen LogP contribution in [0, 0.1) is 5.92 Å². The molecule has 42 heavy (non-hydrogen) atoms. The molecule has 1 aliphatic rings. The van der Waals surface area contributed by atoms with Gasteiger partial charge in [0.25, 0.3) is 0 Å². The van der Waals surface area contributed by atoms with Gasteiger partial charge in [-0.1, -0.05) is 53.5 Å². The molecule has 0 atom stereocenters. The van der Waals surface area contributed by atoms with Crippen molar-refractivity contribution in [2.75, 3.05) is 7.11 Å². The molecule has 0 bridgehead atoms. The number of oxazole rings is 1. The van der Waals surface area contributed by atoms with E-state index in [1.54, 1.807) is 0 Å². The smallest absolute Gasteiger partial charge is 0.452 e. The van der Waals surface area contributed by atoms with E-state index >= 15 is 0 Å². The molecule has 0 N–H and O–H groups in total. The van der Waals surface area contributed by atoms with Crippen molar-refractivity contribution >= 4 is 40.7 Å². The van der Waals surface area contributed by atoms with Gasteiger partial charge >= 0.3 is 12.1 Å². The van der Waals surface area contributed by atoms with Gasteiger partial charge in [-0.05, 0) is 67.2 Å². The summed E-state index contributed by atoms with van der Waals surface area (Å²) >= 11 is 12.2. The summed E-state index contributed by atoms with van der Waals surface area (Å²) in [5.74, 6) is -2.46. The van der Waals surface area contributed by atoms with E-state index in [0.717, 1.165) is 31.2 Å². The van der Waals surface area contributed by atoms with Crippen LogP contribution in [0.3, 0.4) is 0 Å². The van der Waals surface area contributed by atoms with Crippen molar-refractivity contribution in [1.29, 1.82) is 0 Å². The summed E-state index contributed by atoms with van der Waals surface area (Å²) in [6, 6.07) is 12.2. The van der Waals surface area contributed by atoms with Gasteiger partial charge in [0.2, 0.25) is 11.7 Å². The fourth-order valence-electron chi connectivity index (χ4n) is 5.32. The summed E-state index contributed by atoms with van der Waals surface area (Å²) in [6.45, 7) is 0. The molecular weight excluding hydrogens is 594 g/mol. The topological polar surface area (TPSA) is 86.5 Å². The number of carbonyl (C=O) groups excluding carboxylic acids is 3. The van der Waals surface area contributed by atoms with E-state index in [-0.39, 0.29) is 53.0 Å². The van der Waals surface area contributed by atoms with Crippen molar-refractivity contribution in [2.24, 2.45) is 5.92 Å². The number of hydrogen-bond acceptors (Lipinski definition) is 6. The van der Waals surface area contributed by atoms with Crippen LogP contribution in [0.1, 0.15) is 84.7 Å². The van der Waals surface area contributed by atoms with Crippen LogP contribution in [0.25, 0.3) is 11.5 Å². The maximum Gasteiger partial charge on any atom is 0.452 e. The van der Waals surface area contributed by atoms with Crippen LogP contribution in [0.5, 0.6) is 0 Å². The number of benzene rings is 2. The Kier molecular flexibility index (Phi) is 10.5. The van der Waals surface area contributed by atoms with E-state index < -0.39 is 29.3 Å². The van der Waals surface area contributed by atoms with E-state index in [0.29, 0.717) is 18.3 Å². The molecule has 3 aromatic rings. The molecule has 1 aromatic heterocycles. The first-order valence-electron chi connectivity index (χ1n) is 13.7. The highest BCUT2D eigenvalue weighted by Gasteiger charge is 2.42. The minimum atomic E-state index is -4.96. The molecule has 1 heterocycles. The van der Waals surface area contributed by atoms with Gasteiger partial charge in [-0.25, -0.2) is 4.98 Å². The number of esters is 1. The Morgan fingerprint density at radius 1 is 0.976 bits per heavy atom. The largest absolute Gasteiger partial charge is 0.469 e. The SMILES string of the molecule is COC(=O)CC1CCC(c2ccc(CC(=O)CCCC(=O)c3nc(-c4c(Cl)cccc4Cl)oc3C(F)(F)F)cc2)CC1. The van der Waals surface area contributed by atoms with Gasteiger partial charge in [0.15, 0.2) is 11.5 Å². The average molecular weight is 624 g/mol. The van der Waals surface area contributed by atoms with Gasteiger partial charge in [-0.2, -0.15) is 13.2 Å². The number of Topliss-reactive ketones (excluding diaryl/α,β-unsaturated/α-hetero) is 2. The molecule has 11 heteroatoms. The maximum atomic E-state index is 13.6. The van der Waals surface area contributed by atoms with Crippen LogP contribution >= 0.6 is 23.2 Å². The van der Waals surface area contributed by atoms with Crippen molar-refractivity contribution < 1.29 is 36.7 Å². The highest BCUT2D eigenvalue weighted by Crippen LogP contribution is 2.40. The lowest BCUT2D eigenvalue weighted by atomic mass is 9.77. The van der Waals surface area contributed by atoms with E-state index in [2.05, 4.69) is 4.98 Å². The Labute approximate surface area is 251 Å². The molecule has 0 radical (unpaired) electrons. The van der Waals surface area contributed by atoms with Crippen molar-refractivity contribution in [3.8, 4) is 11.5 Å². The molecule has 0 spiro atoms. The van der Waals surface area contributed by atoms with Crippen molar-refractivity contribution in [1.82, 2.24) is 4.98 Å². The van der Waals surface area contributed by atoms with Gasteiger partial charge in [0.1, 0.15) is 5.78 Å². The molecule has 2 aromatic carbocycles. The van der Waals surface area contributed by atoms with Crippen LogP contribution in [-0.4, -0.2) is 29.6 Å². The fraction of sp³-hybridized carbons (Fsp3) is 0.419. The number of ether oxygens (including phenoxy) is 1. The quantitative estimate of drug-likeness (QED) is 0.157. The van der Waals surface area contributed by atoms with E-state index in [1.807, 2.05) is 24.3 Å². The van der Waals surface area contributed by atoms with Gasteiger partial charge < -0.3 is 9.15 Å². The Morgan fingerprint density at radius 2 is 1.62 bits per heavy atom. The van der Waals surface area contributed by atoms with E-state index in [4.69, 9.17) is 32.4 Å². The standard InChI is InChI=1S/C31H30Cl2F3NO5/c1-41-26(40)17-19-10-14-21(15-11-19)20-12-8-18(9-13-20)16-22(38)4-2-7-25(39)28-29(31(34,35)36)42-30(37-28)27-23(32)5-3-6-24(27)33/h3,5-6,8-9,12-13,19,21H,2,4,7,10-11,14-17H2,1H3. The van der Waals surface area contributed by atoms with Gasteiger partial charge in [-0.15, -0.1) is 0 Å². The second kappa shape index (κ2) is 13.9. The minimum absolute atomic E-state index is 0.0260. The molecule has 1 aliphatic carbocycles. The molecule has 0 aliphatic heterocycles. The van der Waals surface area contributed by atoms with Crippen molar-refractivity contribution in [2.45, 2.75) is 69.9 Å². The number of hydrogen-bond donors (Lipinski definition) is 0. The number of carbonyl (C=O) groups is 3. The number of aromatic nitrogens is 1. The number of ketones is 2. The first kappa shape index (κ1) is 31.8. The lowest BCUT2D eigenvalue weighted by molar-refractivity contribution is -0.153. The zero-order valence-corrected chi connectivity index (χ0v) is 24.5. The Morgan fingerprint density at radius 3 is 2.21 bits per heavy atom. The van der Waals surface area contributed by atoms with Crippen LogP contribution < -0.4 is 0 Å². The Hall–Kier alpha value is -3.17. The predicted octanol–water partition coefficient (Wildman–Crippen LogP) is 8.67. The molecule has 4 rings (SSSR count). The summed E-state index contributed by atoms with van der Waals surface area (Å²) in [5, 5.41) is 0.0521. The number of alkyl halides is 3. The van der Waals surface area contributed by atoms with Gasteiger partial charge in [-0.3, -0.25) is 14.4 Å². The van der Waals surface area contributed by atoms with Crippen LogP contribution in [-0.2, 0) is 26.9 Å². The third-order valence-corrected chi connectivity index (χ3v) is 8.20. The second-order valence-electron chi connectivity index (χ2n) is 10.5. The zero-order valence-electron chi connectivity index (χ0n) is 22.9. The molecule has 0 amide bonds. The molecule has 1 saturated carbocycles. The van der Waals surface area contributed by atoms with Crippen molar-refractivity contribution in [3.05, 3.63) is 75.1 Å². The summed E-state index contributed by atoms with van der Waals surface area (Å²) < 4.78 is 50.6. The lowest BCUT2D eigenvalue weighted by Crippen LogP contribution is -2.17. The first-order chi connectivity index (χ1) is 20.0. The van der Waals surface area contributed by atoms with Crippen LogP contribution in [0.4, 0.5) is 13.2 Å². The summed E-state index contributed by atoms with van der Waals surface area (Å²) in [5.41, 5.74) is 1.11. The van der Waals surface area contributed by atoms with Crippen LogP contribution in [0.2, 0.25) is 10.0 Å². The minimum Gasteiger partial charge on any atom is -0.469 e. The molecular formula is C31H30Cl2F3NO5. The zero-order chi connectivity index (χ0) is 30.4.